The molecule has 0 amide bonds. The number of fused-ring (bicyclic) bond motifs is 1. The van der Waals surface area contributed by atoms with Crippen LogP contribution in [-0.2, 0) is 6.73 Å². The molecule has 0 bridgehead atoms. The lowest BCUT2D eigenvalue weighted by molar-refractivity contribution is 0.168. The van der Waals surface area contributed by atoms with Crippen LogP contribution in [0.3, 0.4) is 0 Å². The lowest BCUT2D eigenvalue weighted by Gasteiger charge is -2.09. The van der Waals surface area contributed by atoms with Crippen LogP contribution >= 0.6 is 0 Å². The van der Waals surface area contributed by atoms with Crippen molar-refractivity contribution in [3.05, 3.63) is 54.6 Å². The first-order chi connectivity index (χ1) is 10.7. The van der Waals surface area contributed by atoms with Gasteiger partial charge in [-0.2, -0.15) is 0 Å². The van der Waals surface area contributed by atoms with Crippen LogP contribution < -0.4 is 9.47 Å². The molecule has 3 aromatic rings. The van der Waals surface area contributed by atoms with Crippen LogP contribution in [0.4, 0.5) is 0 Å². The quantitative estimate of drug-likeness (QED) is 0.656. The van der Waals surface area contributed by atoms with Crippen molar-refractivity contribution in [3.63, 3.8) is 0 Å². The van der Waals surface area contributed by atoms with Gasteiger partial charge in [-0.25, -0.2) is 4.68 Å². The van der Waals surface area contributed by atoms with Crippen LogP contribution in [0.15, 0.2) is 54.6 Å². The van der Waals surface area contributed by atoms with Crippen molar-refractivity contribution in [1.82, 2.24) is 14.7 Å². The fourth-order valence-corrected chi connectivity index (χ4v) is 2.14. The molecule has 0 atom stereocenters. The summed E-state index contributed by atoms with van der Waals surface area (Å²) in [6, 6.07) is 17.7. The molecule has 2 aromatic carbocycles. The van der Waals surface area contributed by atoms with Gasteiger partial charge in [-0.3, -0.25) is 4.90 Å². The van der Waals surface area contributed by atoms with E-state index in [2.05, 4.69) is 5.10 Å². The summed E-state index contributed by atoms with van der Waals surface area (Å²) < 4.78 is 13.3. The Morgan fingerprint density at radius 2 is 1.68 bits per heavy atom. The predicted molar refractivity (Wildman–Crippen MR) is 86.0 cm³/mol. The summed E-state index contributed by atoms with van der Waals surface area (Å²) in [7, 11) is 3.91. The van der Waals surface area contributed by atoms with E-state index in [0.717, 1.165) is 16.7 Å². The molecule has 5 nitrogen and oxygen atoms in total. The lowest BCUT2D eigenvalue weighted by Crippen LogP contribution is -2.18. The molecule has 0 fully saturated rings. The molecule has 1 heterocycles. The van der Waals surface area contributed by atoms with Gasteiger partial charge in [-0.05, 0) is 38.4 Å². The summed E-state index contributed by atoms with van der Waals surface area (Å²) in [5, 5.41) is 5.51. The van der Waals surface area contributed by atoms with Gasteiger partial charge in [0.25, 0.3) is 0 Å². The molecule has 3 rings (SSSR count). The molecule has 22 heavy (non-hydrogen) atoms. The van der Waals surface area contributed by atoms with Crippen LogP contribution in [0.5, 0.6) is 11.6 Å². The minimum absolute atomic E-state index is 0.343. The third kappa shape index (κ3) is 3.20. The molecule has 1 aromatic heterocycles. The van der Waals surface area contributed by atoms with Crippen LogP contribution in [-0.4, -0.2) is 35.5 Å². The van der Waals surface area contributed by atoms with E-state index >= 15 is 0 Å². The van der Waals surface area contributed by atoms with Gasteiger partial charge in [0, 0.05) is 0 Å². The summed E-state index contributed by atoms with van der Waals surface area (Å²) >= 11 is 0. The van der Waals surface area contributed by atoms with Crippen molar-refractivity contribution in [1.29, 1.82) is 0 Å². The van der Waals surface area contributed by atoms with Crippen molar-refractivity contribution in [2.24, 2.45) is 0 Å². The summed E-state index contributed by atoms with van der Waals surface area (Å²) in [5.74, 6) is 1.44. The number of rotatable bonds is 6. The first-order valence-corrected chi connectivity index (χ1v) is 7.15. The lowest BCUT2D eigenvalue weighted by atomic mass is 10.2. The maximum Gasteiger partial charge on any atom is 0.242 e. The zero-order valence-electron chi connectivity index (χ0n) is 12.8. The molecule has 114 valence electrons. The molecule has 0 saturated heterocycles. The van der Waals surface area contributed by atoms with Crippen LogP contribution in [0.1, 0.15) is 0 Å². The molecule has 0 unspecified atom stereocenters. The van der Waals surface area contributed by atoms with Gasteiger partial charge in [0.15, 0.2) is 6.73 Å². The fraction of sp³-hybridized carbons (Fsp3) is 0.235. The van der Waals surface area contributed by atoms with E-state index in [1.54, 1.807) is 0 Å². The molecule has 0 aliphatic carbocycles. The molecule has 5 heteroatoms. The van der Waals surface area contributed by atoms with Crippen LogP contribution in [0.2, 0.25) is 0 Å². The van der Waals surface area contributed by atoms with Gasteiger partial charge in [0.2, 0.25) is 5.88 Å². The number of hydrogen-bond acceptors (Lipinski definition) is 4. The number of hydrogen-bond donors (Lipinski definition) is 0. The molecule has 0 N–H and O–H groups in total. The Morgan fingerprint density at radius 1 is 0.955 bits per heavy atom. The van der Waals surface area contributed by atoms with Crippen molar-refractivity contribution in [2.45, 2.75) is 6.73 Å². The number of para-hydroxylation sites is 2. The average molecular weight is 297 g/mol. The minimum Gasteiger partial charge on any atom is -0.471 e. The second kappa shape index (κ2) is 6.49. The Bertz CT molecular complexity index is 738. The van der Waals surface area contributed by atoms with Crippen molar-refractivity contribution in [2.75, 3.05) is 20.8 Å². The second-order valence-electron chi connectivity index (χ2n) is 5.26. The first kappa shape index (κ1) is 14.4. The topological polar surface area (TPSA) is 39.5 Å². The van der Waals surface area contributed by atoms with Crippen LogP contribution in [0.25, 0.3) is 10.9 Å². The summed E-state index contributed by atoms with van der Waals surface area (Å²) in [4.78, 5) is 1.95. The fourth-order valence-electron chi connectivity index (χ4n) is 2.14. The highest BCUT2D eigenvalue weighted by Gasteiger charge is 2.11. The number of aromatic nitrogens is 2. The number of nitrogens with zero attached hydrogens (tertiary/aromatic N) is 3. The summed E-state index contributed by atoms with van der Waals surface area (Å²) in [6.07, 6.45) is 0. The average Bonchev–Trinajstić information content (AvgIpc) is 2.90. The Hall–Kier alpha value is -2.53. The van der Waals surface area contributed by atoms with Gasteiger partial charge >= 0.3 is 0 Å². The Labute approximate surface area is 129 Å². The standard InChI is InChI=1S/C17H19N3O2/c1-19(2)12-22-17-15-10-6-7-11-16(15)20(18-17)13-21-14-8-4-3-5-9-14/h3-11H,12-13H2,1-2H3. The molecule has 0 saturated carbocycles. The molecule has 0 spiro atoms. The van der Waals surface area contributed by atoms with E-state index in [4.69, 9.17) is 9.47 Å². The van der Waals surface area contributed by atoms with Crippen molar-refractivity contribution >= 4 is 10.9 Å². The maximum atomic E-state index is 5.77. The maximum absolute atomic E-state index is 5.77. The highest BCUT2D eigenvalue weighted by Crippen LogP contribution is 2.25. The van der Waals surface area contributed by atoms with E-state index in [1.807, 2.05) is 78.3 Å². The Balaban J connectivity index is 1.83. The van der Waals surface area contributed by atoms with E-state index in [-0.39, 0.29) is 0 Å². The Kier molecular flexibility index (Phi) is 4.25. The number of benzene rings is 2. The SMILES string of the molecule is CN(C)COc1nn(COc2ccccc2)c2ccccc12. The molecule has 0 aliphatic heterocycles. The highest BCUT2D eigenvalue weighted by molar-refractivity contribution is 5.84. The highest BCUT2D eigenvalue weighted by atomic mass is 16.5. The molecule has 0 radical (unpaired) electrons. The van der Waals surface area contributed by atoms with E-state index in [1.165, 1.54) is 0 Å². The van der Waals surface area contributed by atoms with Crippen LogP contribution in [0, 0.1) is 0 Å². The smallest absolute Gasteiger partial charge is 0.242 e. The van der Waals surface area contributed by atoms with Gasteiger partial charge in [-0.1, -0.05) is 30.3 Å². The minimum atomic E-state index is 0.343. The van der Waals surface area contributed by atoms with Crippen molar-refractivity contribution in [3.8, 4) is 11.6 Å². The van der Waals surface area contributed by atoms with Gasteiger partial charge in [0.1, 0.15) is 12.5 Å². The van der Waals surface area contributed by atoms with E-state index < -0.39 is 0 Å². The third-order valence-corrected chi connectivity index (χ3v) is 3.18. The van der Waals surface area contributed by atoms with Gasteiger partial charge < -0.3 is 9.47 Å². The second-order valence-corrected chi connectivity index (χ2v) is 5.26. The molecular weight excluding hydrogens is 278 g/mol. The molecule has 0 aliphatic rings. The first-order valence-electron chi connectivity index (χ1n) is 7.15. The van der Waals surface area contributed by atoms with Crippen molar-refractivity contribution < 1.29 is 9.47 Å². The van der Waals surface area contributed by atoms with E-state index in [0.29, 0.717) is 19.3 Å². The Morgan fingerprint density at radius 3 is 2.45 bits per heavy atom. The van der Waals surface area contributed by atoms with Gasteiger partial charge in [0.05, 0.1) is 10.9 Å². The number of ether oxygens (including phenoxy) is 2. The predicted octanol–water partition coefficient (Wildman–Crippen LogP) is 2.97. The zero-order valence-corrected chi connectivity index (χ0v) is 12.8. The summed E-state index contributed by atoms with van der Waals surface area (Å²) in [6.45, 7) is 0.830. The third-order valence-electron chi connectivity index (χ3n) is 3.18. The summed E-state index contributed by atoms with van der Waals surface area (Å²) in [5.41, 5.74) is 0.993. The largest absolute Gasteiger partial charge is 0.471 e. The normalized spacial score (nSPS) is 11.0. The monoisotopic (exact) mass is 297 g/mol. The molecular formula is C17H19N3O2. The zero-order chi connectivity index (χ0) is 15.4. The van der Waals surface area contributed by atoms with Gasteiger partial charge in [-0.15, -0.1) is 5.10 Å². The van der Waals surface area contributed by atoms with E-state index in [9.17, 15) is 0 Å².